The number of phenolic OH excluding ortho intramolecular Hbond substituents is 1. The second-order valence-corrected chi connectivity index (χ2v) is 7.22. The third-order valence-electron chi connectivity index (χ3n) is 5.19. The van der Waals surface area contributed by atoms with E-state index in [-0.39, 0.29) is 17.4 Å². The van der Waals surface area contributed by atoms with E-state index in [1.807, 2.05) is 25.6 Å². The van der Waals surface area contributed by atoms with E-state index in [0.29, 0.717) is 29.0 Å². The molecule has 1 N–H and O–H groups in total. The second-order valence-electron chi connectivity index (χ2n) is 7.22. The van der Waals surface area contributed by atoms with Crippen LogP contribution in [0.15, 0.2) is 36.9 Å². The highest BCUT2D eigenvalue weighted by atomic mass is 16.3. The van der Waals surface area contributed by atoms with Crippen LogP contribution >= 0.6 is 0 Å². The van der Waals surface area contributed by atoms with Gasteiger partial charge in [-0.15, -0.1) is 0 Å². The molecule has 4 rings (SSSR count). The molecular weight excluding hydrogens is 382 g/mol. The van der Waals surface area contributed by atoms with E-state index in [9.17, 15) is 9.90 Å². The molecule has 0 radical (unpaired) electrons. The van der Waals surface area contributed by atoms with Gasteiger partial charge >= 0.3 is 0 Å². The summed E-state index contributed by atoms with van der Waals surface area (Å²) >= 11 is 0. The van der Waals surface area contributed by atoms with E-state index in [2.05, 4.69) is 20.1 Å². The fourth-order valence-corrected chi connectivity index (χ4v) is 3.43. The summed E-state index contributed by atoms with van der Waals surface area (Å²) in [5.41, 5.74) is 3.50. The largest absolute Gasteiger partial charge is 0.508 e. The number of fused-ring (bicyclic) bond motifs is 1. The lowest BCUT2D eigenvalue weighted by atomic mass is 10.1. The lowest BCUT2D eigenvalue weighted by molar-refractivity contribution is 0.0781. The highest BCUT2D eigenvalue weighted by Gasteiger charge is 2.22. The lowest BCUT2D eigenvalue weighted by Crippen LogP contribution is -2.28. The summed E-state index contributed by atoms with van der Waals surface area (Å²) in [5, 5.41) is 14.8. The van der Waals surface area contributed by atoms with Crippen molar-refractivity contribution < 1.29 is 9.90 Å². The van der Waals surface area contributed by atoms with Crippen molar-refractivity contribution in [2.45, 2.75) is 26.9 Å². The van der Waals surface area contributed by atoms with Crippen molar-refractivity contribution in [3.05, 3.63) is 53.9 Å². The van der Waals surface area contributed by atoms with Crippen molar-refractivity contribution in [3.63, 3.8) is 0 Å². The highest BCUT2D eigenvalue weighted by molar-refractivity contribution is 6.05. The van der Waals surface area contributed by atoms with Crippen LogP contribution in [-0.4, -0.2) is 52.3 Å². The van der Waals surface area contributed by atoms with Gasteiger partial charge in [0.05, 0.1) is 24.2 Å². The van der Waals surface area contributed by atoms with Crippen LogP contribution in [0.2, 0.25) is 0 Å². The van der Waals surface area contributed by atoms with Gasteiger partial charge in [0, 0.05) is 43.8 Å². The van der Waals surface area contributed by atoms with Crippen molar-refractivity contribution in [2.75, 3.05) is 7.05 Å². The fourth-order valence-electron chi connectivity index (χ4n) is 3.43. The van der Waals surface area contributed by atoms with Crippen LogP contribution in [0.3, 0.4) is 0 Å². The molecule has 154 valence electrons. The Hall–Kier alpha value is -3.75. The normalized spacial score (nSPS) is 11.2. The number of imidazole rings is 1. The third-order valence-corrected chi connectivity index (χ3v) is 5.19. The smallest absolute Gasteiger partial charge is 0.273 e. The zero-order chi connectivity index (χ0) is 21.4. The number of aromatic hydroxyl groups is 1. The molecule has 0 fully saturated rings. The second kappa shape index (κ2) is 7.58. The number of carbonyl (C=O) groups excluding carboxylic acids is 1. The van der Waals surface area contributed by atoms with Gasteiger partial charge in [-0.25, -0.2) is 15.0 Å². The van der Waals surface area contributed by atoms with Gasteiger partial charge in [0.2, 0.25) is 0 Å². The average Bonchev–Trinajstić information content (AvgIpc) is 3.32. The Labute approximate surface area is 173 Å². The molecular formula is C21H23N7O2. The Morgan fingerprint density at radius 1 is 1.23 bits per heavy atom. The van der Waals surface area contributed by atoms with Crippen LogP contribution < -0.4 is 0 Å². The molecule has 0 saturated carbocycles. The molecule has 9 nitrogen and oxygen atoms in total. The molecule has 0 bridgehead atoms. The van der Waals surface area contributed by atoms with Gasteiger partial charge in [0.1, 0.15) is 17.1 Å². The predicted molar refractivity (Wildman–Crippen MR) is 112 cm³/mol. The van der Waals surface area contributed by atoms with Gasteiger partial charge in [-0.3, -0.25) is 9.48 Å². The monoisotopic (exact) mass is 405 g/mol. The van der Waals surface area contributed by atoms with Crippen LogP contribution in [-0.2, 0) is 20.1 Å². The lowest BCUT2D eigenvalue weighted by Gasteiger charge is -2.18. The Balaban J connectivity index is 1.77. The number of benzene rings is 1. The van der Waals surface area contributed by atoms with Crippen molar-refractivity contribution in [2.24, 2.45) is 7.05 Å². The van der Waals surface area contributed by atoms with E-state index >= 15 is 0 Å². The zero-order valence-corrected chi connectivity index (χ0v) is 17.4. The van der Waals surface area contributed by atoms with Gasteiger partial charge in [-0.1, -0.05) is 0 Å². The Morgan fingerprint density at radius 3 is 2.70 bits per heavy atom. The molecule has 1 aromatic carbocycles. The SMILES string of the molecule is CCn1ncc(CN(C)C(=O)c2nc(-c3cncn3C)nc3ccc(O)cc23)c1C. The standard InChI is InChI=1S/C21H23N7O2/c1-5-28-13(2)14(9-23-28)11-26(3)21(30)19-16-8-15(29)6-7-17(16)24-20(25-19)18-10-22-12-27(18)4/h6-10,12,29H,5,11H2,1-4H3. The number of hydrogen-bond acceptors (Lipinski definition) is 6. The molecule has 0 spiro atoms. The molecule has 1 amide bonds. The van der Waals surface area contributed by atoms with Gasteiger partial charge in [-0.05, 0) is 32.0 Å². The first kappa shape index (κ1) is 19.6. The van der Waals surface area contributed by atoms with Gasteiger partial charge < -0.3 is 14.6 Å². The number of aromatic nitrogens is 6. The maximum atomic E-state index is 13.4. The first-order valence-electron chi connectivity index (χ1n) is 9.63. The summed E-state index contributed by atoms with van der Waals surface area (Å²) in [6.07, 6.45) is 5.09. The van der Waals surface area contributed by atoms with Gasteiger partial charge in [-0.2, -0.15) is 5.10 Å². The van der Waals surface area contributed by atoms with E-state index in [0.717, 1.165) is 17.8 Å². The topological polar surface area (TPSA) is 102 Å². The van der Waals surface area contributed by atoms with Crippen LogP contribution in [0.25, 0.3) is 22.4 Å². The Bertz CT molecular complexity index is 1240. The molecule has 9 heteroatoms. The highest BCUT2D eigenvalue weighted by Crippen LogP contribution is 2.26. The molecule has 3 heterocycles. The molecule has 0 aliphatic carbocycles. The van der Waals surface area contributed by atoms with Gasteiger partial charge in [0.15, 0.2) is 5.82 Å². The van der Waals surface area contributed by atoms with Gasteiger partial charge in [0.25, 0.3) is 5.91 Å². The molecule has 0 atom stereocenters. The molecule has 3 aromatic heterocycles. The maximum absolute atomic E-state index is 13.4. The van der Waals surface area contributed by atoms with Crippen molar-refractivity contribution in [3.8, 4) is 17.3 Å². The molecule has 30 heavy (non-hydrogen) atoms. The Morgan fingerprint density at radius 2 is 2.03 bits per heavy atom. The summed E-state index contributed by atoms with van der Waals surface area (Å²) in [5.74, 6) is 0.191. The first-order chi connectivity index (χ1) is 14.4. The quantitative estimate of drug-likeness (QED) is 0.547. The van der Waals surface area contributed by atoms with Crippen LogP contribution in [0.1, 0.15) is 28.7 Å². The van der Waals surface area contributed by atoms with E-state index in [1.54, 1.807) is 47.4 Å². The summed E-state index contributed by atoms with van der Waals surface area (Å²) in [6.45, 7) is 5.18. The zero-order valence-electron chi connectivity index (χ0n) is 17.4. The summed E-state index contributed by atoms with van der Waals surface area (Å²) in [4.78, 5) is 28.2. The maximum Gasteiger partial charge on any atom is 0.273 e. The van der Waals surface area contributed by atoms with Crippen LogP contribution in [0.4, 0.5) is 0 Å². The summed E-state index contributed by atoms with van der Waals surface area (Å²) < 4.78 is 3.69. The Kier molecular flexibility index (Phi) is 4.94. The van der Waals surface area contributed by atoms with E-state index in [4.69, 9.17) is 0 Å². The number of phenols is 1. The number of hydrogen-bond donors (Lipinski definition) is 1. The van der Waals surface area contributed by atoms with Crippen LogP contribution in [0, 0.1) is 6.92 Å². The number of rotatable bonds is 5. The first-order valence-corrected chi connectivity index (χ1v) is 9.63. The summed E-state index contributed by atoms with van der Waals surface area (Å²) in [7, 11) is 3.57. The van der Waals surface area contributed by atoms with Crippen LogP contribution in [0.5, 0.6) is 5.75 Å². The number of carbonyl (C=O) groups is 1. The number of nitrogens with zero attached hydrogens (tertiary/aromatic N) is 7. The van der Waals surface area contributed by atoms with E-state index < -0.39 is 0 Å². The number of aryl methyl sites for hydroxylation is 2. The predicted octanol–water partition coefficient (Wildman–Crippen LogP) is 2.53. The van der Waals surface area contributed by atoms with Crippen molar-refractivity contribution in [1.82, 2.24) is 34.2 Å². The minimum atomic E-state index is -0.264. The van der Waals surface area contributed by atoms with Crippen molar-refractivity contribution >= 4 is 16.8 Å². The van der Waals surface area contributed by atoms with E-state index in [1.165, 1.54) is 6.07 Å². The summed E-state index contributed by atoms with van der Waals surface area (Å²) in [6, 6.07) is 4.74. The molecule has 4 aromatic rings. The molecule has 0 unspecified atom stereocenters. The minimum absolute atomic E-state index is 0.0520. The number of amides is 1. The molecule has 0 saturated heterocycles. The third kappa shape index (κ3) is 3.38. The fraction of sp³-hybridized carbons (Fsp3) is 0.286. The van der Waals surface area contributed by atoms with Crippen molar-refractivity contribution in [1.29, 1.82) is 0 Å². The minimum Gasteiger partial charge on any atom is -0.508 e. The average molecular weight is 405 g/mol. The molecule has 0 aliphatic heterocycles. The molecule has 0 aliphatic rings.